The van der Waals surface area contributed by atoms with Crippen LogP contribution in [0.25, 0.3) is 0 Å². The van der Waals surface area contributed by atoms with Crippen molar-refractivity contribution in [1.82, 2.24) is 5.32 Å². The minimum Gasteiger partial charge on any atom is -0.368 e. The van der Waals surface area contributed by atoms with Gasteiger partial charge in [0.25, 0.3) is 5.91 Å². The predicted molar refractivity (Wildman–Crippen MR) is 71.1 cm³/mol. The van der Waals surface area contributed by atoms with E-state index in [1.807, 2.05) is 39.8 Å². The number of carbonyl (C=O) groups is 2. The Labute approximate surface area is 108 Å². The van der Waals surface area contributed by atoms with E-state index in [-0.39, 0.29) is 5.91 Å². The lowest BCUT2D eigenvalue weighted by molar-refractivity contribution is -0.122. The first kappa shape index (κ1) is 14.2. The van der Waals surface area contributed by atoms with E-state index in [4.69, 9.17) is 5.73 Å². The molecule has 1 aromatic rings. The first-order valence-electron chi connectivity index (χ1n) is 5.89. The third-order valence-electron chi connectivity index (χ3n) is 2.82. The maximum atomic E-state index is 12.1. The Morgan fingerprint density at radius 3 is 2.22 bits per heavy atom. The second kappa shape index (κ2) is 5.21. The SMILES string of the molecule is Cc1ccccc1C(=O)NC(C(N)=O)C(C)(C)C. The van der Waals surface area contributed by atoms with E-state index in [0.29, 0.717) is 5.56 Å². The molecule has 1 atom stereocenters. The van der Waals surface area contributed by atoms with Crippen LogP contribution in [-0.4, -0.2) is 17.9 Å². The molecule has 3 N–H and O–H groups in total. The summed E-state index contributed by atoms with van der Waals surface area (Å²) in [6, 6.07) is 6.54. The Hall–Kier alpha value is -1.84. The fourth-order valence-electron chi connectivity index (χ4n) is 1.75. The molecule has 0 fully saturated rings. The third-order valence-corrected chi connectivity index (χ3v) is 2.82. The van der Waals surface area contributed by atoms with Gasteiger partial charge in [-0.15, -0.1) is 0 Å². The number of benzene rings is 1. The van der Waals surface area contributed by atoms with E-state index in [0.717, 1.165) is 5.56 Å². The van der Waals surface area contributed by atoms with Crippen LogP contribution in [-0.2, 0) is 4.79 Å². The van der Waals surface area contributed by atoms with Crippen LogP contribution in [0, 0.1) is 12.3 Å². The van der Waals surface area contributed by atoms with E-state index < -0.39 is 17.4 Å². The molecule has 4 heteroatoms. The Morgan fingerprint density at radius 2 is 1.78 bits per heavy atom. The van der Waals surface area contributed by atoms with E-state index in [9.17, 15) is 9.59 Å². The second-order valence-electron chi connectivity index (χ2n) is 5.49. The number of primary amides is 1. The highest BCUT2D eigenvalue weighted by Crippen LogP contribution is 2.19. The Bertz CT molecular complexity index is 461. The maximum absolute atomic E-state index is 12.1. The van der Waals surface area contributed by atoms with E-state index in [1.165, 1.54) is 0 Å². The minimum atomic E-state index is -0.690. The van der Waals surface area contributed by atoms with Gasteiger partial charge in [0, 0.05) is 5.56 Å². The van der Waals surface area contributed by atoms with Gasteiger partial charge >= 0.3 is 0 Å². The van der Waals surface area contributed by atoms with Gasteiger partial charge in [-0.25, -0.2) is 0 Å². The number of hydrogen-bond acceptors (Lipinski definition) is 2. The first-order valence-corrected chi connectivity index (χ1v) is 5.89. The minimum absolute atomic E-state index is 0.271. The van der Waals surface area contributed by atoms with Gasteiger partial charge < -0.3 is 11.1 Å². The summed E-state index contributed by atoms with van der Waals surface area (Å²) < 4.78 is 0. The molecule has 1 aromatic carbocycles. The van der Waals surface area contributed by atoms with Crippen LogP contribution >= 0.6 is 0 Å². The van der Waals surface area contributed by atoms with Crippen LogP contribution in [0.3, 0.4) is 0 Å². The van der Waals surface area contributed by atoms with Gasteiger partial charge in [-0.3, -0.25) is 9.59 Å². The fourth-order valence-corrected chi connectivity index (χ4v) is 1.75. The lowest BCUT2D eigenvalue weighted by Gasteiger charge is -2.28. The zero-order chi connectivity index (χ0) is 13.9. The summed E-state index contributed by atoms with van der Waals surface area (Å²) in [5.74, 6) is -0.795. The summed E-state index contributed by atoms with van der Waals surface area (Å²) in [6.07, 6.45) is 0. The number of carbonyl (C=O) groups excluding carboxylic acids is 2. The van der Waals surface area contributed by atoms with Crippen molar-refractivity contribution in [2.45, 2.75) is 33.7 Å². The largest absolute Gasteiger partial charge is 0.368 e. The van der Waals surface area contributed by atoms with Crippen molar-refractivity contribution in [3.8, 4) is 0 Å². The number of amides is 2. The topological polar surface area (TPSA) is 72.2 Å². The molecule has 0 saturated heterocycles. The average molecular weight is 248 g/mol. The van der Waals surface area contributed by atoms with Gasteiger partial charge in [0.15, 0.2) is 0 Å². The standard InChI is InChI=1S/C14H20N2O2/c1-9-7-5-6-8-10(9)13(18)16-11(12(15)17)14(2,3)4/h5-8,11H,1-4H3,(H2,15,17)(H,16,18). The maximum Gasteiger partial charge on any atom is 0.252 e. The van der Waals surface area contributed by atoms with Crippen LogP contribution in [0.15, 0.2) is 24.3 Å². The molecule has 0 aliphatic carbocycles. The molecular weight excluding hydrogens is 228 g/mol. The molecule has 0 bridgehead atoms. The smallest absolute Gasteiger partial charge is 0.252 e. The molecule has 0 heterocycles. The number of nitrogens with two attached hydrogens (primary N) is 1. The van der Waals surface area contributed by atoms with Gasteiger partial charge in [0.1, 0.15) is 6.04 Å². The fraction of sp³-hybridized carbons (Fsp3) is 0.429. The molecule has 0 aromatic heterocycles. The number of rotatable bonds is 3. The second-order valence-corrected chi connectivity index (χ2v) is 5.49. The summed E-state index contributed by atoms with van der Waals surface area (Å²) >= 11 is 0. The van der Waals surface area contributed by atoms with Gasteiger partial charge in [-0.1, -0.05) is 39.0 Å². The average Bonchev–Trinajstić information content (AvgIpc) is 2.24. The molecule has 0 radical (unpaired) electrons. The highest BCUT2D eigenvalue weighted by Gasteiger charge is 2.31. The van der Waals surface area contributed by atoms with Gasteiger partial charge in [-0.05, 0) is 24.0 Å². The molecular formula is C14H20N2O2. The zero-order valence-corrected chi connectivity index (χ0v) is 11.3. The summed E-state index contributed by atoms with van der Waals surface area (Å²) in [5.41, 5.74) is 6.35. The monoisotopic (exact) mass is 248 g/mol. The Balaban J connectivity index is 2.93. The molecule has 4 nitrogen and oxygen atoms in total. The summed E-state index contributed by atoms with van der Waals surface area (Å²) in [5, 5.41) is 2.70. The van der Waals surface area contributed by atoms with Gasteiger partial charge in [0.2, 0.25) is 5.91 Å². The molecule has 1 unspecified atom stereocenters. The van der Waals surface area contributed by atoms with E-state index >= 15 is 0 Å². The van der Waals surface area contributed by atoms with Crippen molar-refractivity contribution in [1.29, 1.82) is 0 Å². The highest BCUT2D eigenvalue weighted by atomic mass is 16.2. The lowest BCUT2D eigenvalue weighted by Crippen LogP contribution is -2.52. The van der Waals surface area contributed by atoms with Crippen molar-refractivity contribution in [2.75, 3.05) is 0 Å². The molecule has 1 rings (SSSR count). The summed E-state index contributed by atoms with van der Waals surface area (Å²) in [6.45, 7) is 7.44. The van der Waals surface area contributed by atoms with E-state index in [1.54, 1.807) is 12.1 Å². The van der Waals surface area contributed by atoms with E-state index in [2.05, 4.69) is 5.32 Å². The Morgan fingerprint density at radius 1 is 1.22 bits per heavy atom. The molecule has 0 spiro atoms. The third kappa shape index (κ3) is 3.32. The molecule has 0 saturated carbocycles. The van der Waals surface area contributed by atoms with Crippen molar-refractivity contribution < 1.29 is 9.59 Å². The van der Waals surface area contributed by atoms with Crippen molar-refractivity contribution in [3.63, 3.8) is 0 Å². The summed E-state index contributed by atoms with van der Waals surface area (Å²) in [7, 11) is 0. The normalized spacial score (nSPS) is 12.9. The van der Waals surface area contributed by atoms with Gasteiger partial charge in [0.05, 0.1) is 0 Å². The van der Waals surface area contributed by atoms with Gasteiger partial charge in [-0.2, -0.15) is 0 Å². The molecule has 98 valence electrons. The first-order chi connectivity index (χ1) is 8.23. The summed E-state index contributed by atoms with van der Waals surface area (Å²) in [4.78, 5) is 23.5. The molecule has 2 amide bonds. The van der Waals surface area contributed by atoms with Crippen LogP contribution < -0.4 is 11.1 Å². The molecule has 0 aliphatic heterocycles. The quantitative estimate of drug-likeness (QED) is 0.853. The van der Waals surface area contributed by atoms with Crippen LogP contribution in [0.2, 0.25) is 0 Å². The number of aryl methyl sites for hydroxylation is 1. The highest BCUT2D eigenvalue weighted by molar-refractivity contribution is 5.98. The number of hydrogen-bond donors (Lipinski definition) is 2. The lowest BCUT2D eigenvalue weighted by atomic mass is 9.86. The van der Waals surface area contributed by atoms with Crippen LogP contribution in [0.1, 0.15) is 36.7 Å². The molecule has 18 heavy (non-hydrogen) atoms. The van der Waals surface area contributed by atoms with Crippen molar-refractivity contribution in [2.24, 2.45) is 11.1 Å². The zero-order valence-electron chi connectivity index (χ0n) is 11.3. The number of nitrogens with one attached hydrogen (secondary N) is 1. The Kier molecular flexibility index (Phi) is 4.11. The molecule has 0 aliphatic rings. The van der Waals surface area contributed by atoms with Crippen LogP contribution in [0.4, 0.5) is 0 Å². The van der Waals surface area contributed by atoms with Crippen molar-refractivity contribution in [3.05, 3.63) is 35.4 Å². The van der Waals surface area contributed by atoms with Crippen LogP contribution in [0.5, 0.6) is 0 Å². The van der Waals surface area contributed by atoms with Crippen molar-refractivity contribution >= 4 is 11.8 Å². The predicted octanol–water partition coefficient (Wildman–Crippen LogP) is 1.62.